The quantitative estimate of drug-likeness (QED) is 0.822. The van der Waals surface area contributed by atoms with Gasteiger partial charge in [-0.1, -0.05) is 12.8 Å². The second-order valence-electron chi connectivity index (χ2n) is 4.85. The first kappa shape index (κ1) is 12.2. The number of carboxylic acid groups (broad SMARTS) is 1. The van der Waals surface area contributed by atoms with E-state index in [1.54, 1.807) is 0 Å². The molecular weight excluding hydrogens is 222 g/mol. The highest BCUT2D eigenvalue weighted by atomic mass is 32.2. The monoisotopic (exact) mass is 243 g/mol. The molecule has 16 heavy (non-hydrogen) atoms. The lowest BCUT2D eigenvalue weighted by Crippen LogP contribution is -2.46. The Balaban J connectivity index is 1.96. The minimum Gasteiger partial charge on any atom is -0.480 e. The van der Waals surface area contributed by atoms with E-state index in [0.717, 1.165) is 0 Å². The summed E-state index contributed by atoms with van der Waals surface area (Å²) < 4.78 is 0. The molecule has 2 aliphatic rings. The first-order chi connectivity index (χ1) is 7.77. The Morgan fingerprint density at radius 2 is 1.69 bits per heavy atom. The third-order valence-electron chi connectivity index (χ3n) is 3.77. The summed E-state index contributed by atoms with van der Waals surface area (Å²) in [5.41, 5.74) is 0. The molecule has 0 aromatic carbocycles. The van der Waals surface area contributed by atoms with Gasteiger partial charge in [-0.15, -0.1) is 0 Å². The molecule has 0 amide bonds. The first-order valence-electron chi connectivity index (χ1n) is 6.32. The average molecular weight is 243 g/mol. The summed E-state index contributed by atoms with van der Waals surface area (Å²) in [5.74, 6) is 1.74. The Morgan fingerprint density at radius 1 is 1.12 bits per heavy atom. The first-order valence-corrected chi connectivity index (χ1v) is 7.48. The van der Waals surface area contributed by atoms with Gasteiger partial charge in [0.1, 0.15) is 0 Å². The van der Waals surface area contributed by atoms with Crippen LogP contribution in [0.1, 0.15) is 38.5 Å². The SMILES string of the molecule is O=C(O)CN(C1CCCC1)C1CCSCC1. The number of hydrogen-bond acceptors (Lipinski definition) is 3. The molecule has 0 aromatic rings. The largest absolute Gasteiger partial charge is 0.480 e. The molecule has 0 atom stereocenters. The average Bonchev–Trinajstić information content (AvgIpc) is 2.80. The molecule has 1 saturated carbocycles. The molecule has 0 bridgehead atoms. The lowest BCUT2D eigenvalue weighted by Gasteiger charge is -2.37. The second-order valence-corrected chi connectivity index (χ2v) is 6.07. The van der Waals surface area contributed by atoms with Crippen molar-refractivity contribution in [1.29, 1.82) is 0 Å². The Kier molecular flexibility index (Phi) is 4.53. The highest BCUT2D eigenvalue weighted by Gasteiger charge is 2.30. The Hall–Kier alpha value is -0.220. The Bertz CT molecular complexity index is 235. The minimum absolute atomic E-state index is 0.250. The van der Waals surface area contributed by atoms with E-state index in [0.29, 0.717) is 12.1 Å². The third kappa shape index (κ3) is 3.14. The highest BCUT2D eigenvalue weighted by molar-refractivity contribution is 7.99. The molecule has 1 saturated heterocycles. The zero-order valence-corrected chi connectivity index (χ0v) is 10.5. The summed E-state index contributed by atoms with van der Waals surface area (Å²) in [6.45, 7) is 0.250. The molecule has 3 nitrogen and oxygen atoms in total. The molecule has 1 aliphatic carbocycles. The molecule has 0 aromatic heterocycles. The summed E-state index contributed by atoms with van der Waals surface area (Å²) >= 11 is 2.00. The van der Waals surface area contributed by atoms with Crippen molar-refractivity contribution in [2.45, 2.75) is 50.6 Å². The molecule has 4 heteroatoms. The van der Waals surface area contributed by atoms with E-state index < -0.39 is 5.97 Å². The smallest absolute Gasteiger partial charge is 0.317 e. The molecule has 1 heterocycles. The van der Waals surface area contributed by atoms with Gasteiger partial charge in [0, 0.05) is 12.1 Å². The fourth-order valence-electron chi connectivity index (χ4n) is 2.97. The molecule has 2 rings (SSSR count). The highest BCUT2D eigenvalue weighted by Crippen LogP contribution is 2.29. The van der Waals surface area contributed by atoms with Crippen LogP contribution in [0.15, 0.2) is 0 Å². The maximum Gasteiger partial charge on any atom is 0.317 e. The van der Waals surface area contributed by atoms with Gasteiger partial charge < -0.3 is 5.11 Å². The van der Waals surface area contributed by atoms with Crippen molar-refractivity contribution in [3.8, 4) is 0 Å². The van der Waals surface area contributed by atoms with Crippen molar-refractivity contribution in [2.75, 3.05) is 18.1 Å². The van der Waals surface area contributed by atoms with E-state index in [4.69, 9.17) is 5.11 Å². The van der Waals surface area contributed by atoms with Crippen LogP contribution < -0.4 is 0 Å². The normalized spacial score (nSPS) is 24.1. The third-order valence-corrected chi connectivity index (χ3v) is 4.82. The van der Waals surface area contributed by atoms with Crippen LogP contribution in [0.4, 0.5) is 0 Å². The fourth-order valence-corrected chi connectivity index (χ4v) is 4.05. The molecule has 0 radical (unpaired) electrons. The van der Waals surface area contributed by atoms with Gasteiger partial charge >= 0.3 is 5.97 Å². The number of hydrogen-bond donors (Lipinski definition) is 1. The topological polar surface area (TPSA) is 40.5 Å². The molecular formula is C12H21NO2S. The van der Waals surface area contributed by atoms with E-state index in [9.17, 15) is 4.79 Å². The number of carbonyl (C=O) groups is 1. The number of rotatable bonds is 4. The van der Waals surface area contributed by atoms with E-state index in [1.807, 2.05) is 11.8 Å². The number of carboxylic acids is 1. The van der Waals surface area contributed by atoms with Crippen LogP contribution in [0.2, 0.25) is 0 Å². The molecule has 1 aliphatic heterocycles. The van der Waals surface area contributed by atoms with Gasteiger partial charge in [-0.05, 0) is 37.2 Å². The molecule has 1 N–H and O–H groups in total. The second kappa shape index (κ2) is 5.92. The van der Waals surface area contributed by atoms with Crippen molar-refractivity contribution in [3.63, 3.8) is 0 Å². The van der Waals surface area contributed by atoms with E-state index in [-0.39, 0.29) is 6.54 Å². The number of thioether (sulfide) groups is 1. The van der Waals surface area contributed by atoms with Crippen LogP contribution in [0, 0.1) is 0 Å². The van der Waals surface area contributed by atoms with Crippen molar-refractivity contribution in [1.82, 2.24) is 4.90 Å². The molecule has 92 valence electrons. The van der Waals surface area contributed by atoms with Crippen molar-refractivity contribution < 1.29 is 9.90 Å². The summed E-state index contributed by atoms with van der Waals surface area (Å²) in [7, 11) is 0. The van der Waals surface area contributed by atoms with E-state index in [1.165, 1.54) is 50.0 Å². The van der Waals surface area contributed by atoms with Crippen molar-refractivity contribution in [3.05, 3.63) is 0 Å². The van der Waals surface area contributed by atoms with Crippen LogP contribution >= 0.6 is 11.8 Å². The summed E-state index contributed by atoms with van der Waals surface area (Å²) in [6.07, 6.45) is 7.32. The number of aliphatic carboxylic acids is 1. The molecule has 2 fully saturated rings. The van der Waals surface area contributed by atoms with Gasteiger partial charge in [0.15, 0.2) is 0 Å². The van der Waals surface area contributed by atoms with Crippen LogP contribution in [-0.2, 0) is 4.79 Å². The zero-order chi connectivity index (χ0) is 11.4. The summed E-state index contributed by atoms with van der Waals surface area (Å²) in [4.78, 5) is 13.2. The number of nitrogens with zero attached hydrogens (tertiary/aromatic N) is 1. The molecule has 0 spiro atoms. The van der Waals surface area contributed by atoms with Gasteiger partial charge in [0.25, 0.3) is 0 Å². The van der Waals surface area contributed by atoms with Crippen molar-refractivity contribution in [2.24, 2.45) is 0 Å². The lowest BCUT2D eigenvalue weighted by atomic mass is 10.1. The zero-order valence-electron chi connectivity index (χ0n) is 9.73. The Labute approximate surface area is 102 Å². The minimum atomic E-state index is -0.662. The van der Waals surface area contributed by atoms with Gasteiger partial charge in [-0.25, -0.2) is 0 Å². The van der Waals surface area contributed by atoms with Gasteiger partial charge in [0.2, 0.25) is 0 Å². The van der Waals surface area contributed by atoms with E-state index >= 15 is 0 Å². The van der Waals surface area contributed by atoms with E-state index in [2.05, 4.69) is 4.90 Å². The Morgan fingerprint density at radius 3 is 2.25 bits per heavy atom. The van der Waals surface area contributed by atoms with Gasteiger partial charge in [-0.2, -0.15) is 11.8 Å². The lowest BCUT2D eigenvalue weighted by molar-refractivity contribution is -0.139. The maximum absolute atomic E-state index is 11.0. The summed E-state index contributed by atoms with van der Waals surface area (Å²) in [6, 6.07) is 1.07. The van der Waals surface area contributed by atoms with Gasteiger partial charge in [0.05, 0.1) is 6.54 Å². The van der Waals surface area contributed by atoms with Crippen LogP contribution in [0.5, 0.6) is 0 Å². The van der Waals surface area contributed by atoms with Crippen LogP contribution in [0.3, 0.4) is 0 Å². The maximum atomic E-state index is 11.0. The van der Waals surface area contributed by atoms with Crippen molar-refractivity contribution >= 4 is 17.7 Å². The predicted octanol–water partition coefficient (Wildman–Crippen LogP) is 2.21. The molecule has 0 unspecified atom stereocenters. The van der Waals surface area contributed by atoms with Crippen LogP contribution in [-0.4, -0.2) is 46.1 Å². The van der Waals surface area contributed by atoms with Gasteiger partial charge in [-0.3, -0.25) is 9.69 Å². The predicted molar refractivity (Wildman–Crippen MR) is 66.9 cm³/mol. The fraction of sp³-hybridized carbons (Fsp3) is 0.917. The standard InChI is InChI=1S/C12H21NO2S/c14-12(15)9-13(10-3-1-2-4-10)11-5-7-16-8-6-11/h10-11H,1-9H2,(H,14,15). The van der Waals surface area contributed by atoms with Crippen LogP contribution in [0.25, 0.3) is 0 Å². The summed E-state index contributed by atoms with van der Waals surface area (Å²) in [5, 5.41) is 9.03.